The Hall–Kier alpha value is -1.64. The topological polar surface area (TPSA) is 46.2 Å². The van der Waals surface area contributed by atoms with Crippen LogP contribution in [0.2, 0.25) is 0 Å². The number of amides is 1. The molecule has 1 aromatic rings. The number of anilines is 1. The fourth-order valence-corrected chi connectivity index (χ4v) is 4.13. The van der Waals surface area contributed by atoms with Crippen LogP contribution in [-0.2, 0) is 9.59 Å². The quantitative estimate of drug-likeness (QED) is 0.896. The predicted molar refractivity (Wildman–Crippen MR) is 78.3 cm³/mol. The molecule has 3 nitrogen and oxygen atoms in total. The van der Waals surface area contributed by atoms with E-state index in [1.807, 2.05) is 37.3 Å². The van der Waals surface area contributed by atoms with Crippen LogP contribution in [0.4, 0.5) is 5.69 Å². The third-order valence-electron chi connectivity index (χ3n) is 6.17. The lowest BCUT2D eigenvalue weighted by Crippen LogP contribution is -2.43. The van der Waals surface area contributed by atoms with Crippen molar-refractivity contribution in [2.75, 3.05) is 5.32 Å². The van der Waals surface area contributed by atoms with E-state index in [1.54, 1.807) is 0 Å². The number of Topliss-reactive ketones (excluding diaryl/α,β-unsaturated/α-hetero) is 1. The Balaban J connectivity index is 1.94. The van der Waals surface area contributed by atoms with Gasteiger partial charge in [0, 0.05) is 17.5 Å². The van der Waals surface area contributed by atoms with Crippen molar-refractivity contribution in [3.63, 3.8) is 0 Å². The molecule has 0 aliphatic heterocycles. The monoisotopic (exact) mass is 271 g/mol. The number of para-hydroxylation sites is 1. The molecule has 20 heavy (non-hydrogen) atoms. The Morgan fingerprint density at radius 3 is 2.25 bits per heavy atom. The van der Waals surface area contributed by atoms with Gasteiger partial charge in [-0.1, -0.05) is 39.0 Å². The summed E-state index contributed by atoms with van der Waals surface area (Å²) in [6, 6.07) is 9.48. The summed E-state index contributed by atoms with van der Waals surface area (Å²) in [7, 11) is 0. The molecule has 1 aromatic carbocycles. The van der Waals surface area contributed by atoms with Crippen molar-refractivity contribution in [2.45, 2.75) is 40.0 Å². The summed E-state index contributed by atoms with van der Waals surface area (Å²) in [6.07, 6.45) is 2.01. The van der Waals surface area contributed by atoms with Crippen LogP contribution in [0.1, 0.15) is 40.0 Å². The molecule has 3 heteroatoms. The maximum Gasteiger partial charge on any atom is 0.231 e. The highest BCUT2D eigenvalue weighted by molar-refractivity contribution is 6.04. The highest BCUT2D eigenvalue weighted by atomic mass is 16.2. The van der Waals surface area contributed by atoms with E-state index < -0.39 is 5.41 Å². The Morgan fingerprint density at radius 2 is 1.75 bits per heavy atom. The Labute approximate surface area is 119 Å². The Morgan fingerprint density at radius 1 is 1.10 bits per heavy atom. The third kappa shape index (κ3) is 1.41. The van der Waals surface area contributed by atoms with Gasteiger partial charge in [0.2, 0.25) is 5.91 Å². The van der Waals surface area contributed by atoms with E-state index in [9.17, 15) is 9.59 Å². The van der Waals surface area contributed by atoms with Gasteiger partial charge in [-0.25, -0.2) is 0 Å². The van der Waals surface area contributed by atoms with Crippen molar-refractivity contribution < 1.29 is 9.59 Å². The lowest BCUT2D eigenvalue weighted by atomic mass is 9.64. The van der Waals surface area contributed by atoms with Crippen LogP contribution in [-0.4, -0.2) is 11.7 Å². The second-order valence-electron chi connectivity index (χ2n) is 6.96. The van der Waals surface area contributed by atoms with Crippen LogP contribution in [0.5, 0.6) is 0 Å². The number of fused-ring (bicyclic) bond motifs is 2. The molecule has 0 saturated heterocycles. The Kier molecular flexibility index (Phi) is 2.63. The molecule has 2 atom stereocenters. The molecular weight excluding hydrogens is 250 g/mol. The normalized spacial score (nSPS) is 34.2. The molecule has 3 rings (SSSR count). The van der Waals surface area contributed by atoms with Gasteiger partial charge in [-0.3, -0.25) is 9.59 Å². The number of hydrogen-bond donors (Lipinski definition) is 1. The van der Waals surface area contributed by atoms with Crippen LogP contribution in [0.25, 0.3) is 0 Å². The lowest BCUT2D eigenvalue weighted by molar-refractivity contribution is -0.131. The Bertz CT molecular complexity index is 578. The smallest absolute Gasteiger partial charge is 0.231 e. The van der Waals surface area contributed by atoms with Gasteiger partial charge in [0.25, 0.3) is 0 Å². The van der Waals surface area contributed by atoms with Crippen molar-refractivity contribution in [1.29, 1.82) is 0 Å². The second kappa shape index (κ2) is 3.94. The molecule has 1 N–H and O–H groups in total. The van der Waals surface area contributed by atoms with Crippen molar-refractivity contribution >= 4 is 17.4 Å². The van der Waals surface area contributed by atoms with E-state index in [1.165, 1.54) is 0 Å². The zero-order valence-corrected chi connectivity index (χ0v) is 12.3. The summed E-state index contributed by atoms with van der Waals surface area (Å²) in [6.45, 7) is 6.19. The van der Waals surface area contributed by atoms with Gasteiger partial charge in [0.1, 0.15) is 5.78 Å². The number of ketones is 1. The molecule has 2 unspecified atom stereocenters. The van der Waals surface area contributed by atoms with Crippen LogP contribution < -0.4 is 5.32 Å². The van der Waals surface area contributed by atoms with Gasteiger partial charge in [-0.2, -0.15) is 0 Å². The molecule has 1 amide bonds. The van der Waals surface area contributed by atoms with Crippen LogP contribution in [0, 0.1) is 16.2 Å². The van der Waals surface area contributed by atoms with E-state index >= 15 is 0 Å². The van der Waals surface area contributed by atoms with Crippen molar-refractivity contribution in [2.24, 2.45) is 16.2 Å². The van der Waals surface area contributed by atoms with Crippen LogP contribution in [0.3, 0.4) is 0 Å². The average Bonchev–Trinajstić information content (AvgIpc) is 2.70. The SMILES string of the molecule is CC12CCC(C(=O)Nc3ccccc3)(CC1=O)C2(C)C. The summed E-state index contributed by atoms with van der Waals surface area (Å²) in [4.78, 5) is 25.2. The highest BCUT2D eigenvalue weighted by Gasteiger charge is 2.72. The average molecular weight is 271 g/mol. The van der Waals surface area contributed by atoms with E-state index in [2.05, 4.69) is 19.2 Å². The maximum absolute atomic E-state index is 12.8. The third-order valence-corrected chi connectivity index (χ3v) is 6.17. The van der Waals surface area contributed by atoms with E-state index in [0.29, 0.717) is 6.42 Å². The van der Waals surface area contributed by atoms with E-state index in [4.69, 9.17) is 0 Å². The van der Waals surface area contributed by atoms with Crippen LogP contribution >= 0.6 is 0 Å². The van der Waals surface area contributed by atoms with Gasteiger partial charge >= 0.3 is 0 Å². The molecule has 2 fully saturated rings. The summed E-state index contributed by atoms with van der Waals surface area (Å²) >= 11 is 0. The molecule has 2 aliphatic carbocycles. The first-order valence-corrected chi connectivity index (χ1v) is 7.23. The molecule has 0 heterocycles. The maximum atomic E-state index is 12.8. The minimum Gasteiger partial charge on any atom is -0.326 e. The number of rotatable bonds is 2. The summed E-state index contributed by atoms with van der Waals surface area (Å²) < 4.78 is 0. The standard InChI is InChI=1S/C17H21NO2/c1-15(2)16(3)9-10-17(15,11-13(16)19)14(20)18-12-7-5-4-6-8-12/h4-8H,9-11H2,1-3H3,(H,18,20). The number of hydrogen-bond acceptors (Lipinski definition) is 2. The van der Waals surface area contributed by atoms with E-state index in [-0.39, 0.29) is 22.5 Å². The van der Waals surface area contributed by atoms with E-state index in [0.717, 1.165) is 18.5 Å². The van der Waals surface area contributed by atoms with Crippen molar-refractivity contribution in [1.82, 2.24) is 0 Å². The second-order valence-corrected chi connectivity index (χ2v) is 6.96. The molecular formula is C17H21NO2. The first kappa shape index (κ1) is 13.3. The zero-order chi connectivity index (χ0) is 14.6. The highest BCUT2D eigenvalue weighted by Crippen LogP contribution is 2.70. The largest absolute Gasteiger partial charge is 0.326 e. The molecule has 0 aromatic heterocycles. The summed E-state index contributed by atoms with van der Waals surface area (Å²) in [5.74, 6) is 0.250. The molecule has 2 saturated carbocycles. The first-order chi connectivity index (χ1) is 9.33. The van der Waals surface area contributed by atoms with Crippen LogP contribution in [0.15, 0.2) is 30.3 Å². The van der Waals surface area contributed by atoms with Gasteiger partial charge in [-0.05, 0) is 30.4 Å². The minimum atomic E-state index is -0.547. The minimum absolute atomic E-state index is 0.00303. The number of benzene rings is 1. The molecule has 2 bridgehead atoms. The molecule has 2 aliphatic rings. The predicted octanol–water partition coefficient (Wildman–Crippen LogP) is 3.41. The summed E-state index contributed by atoms with van der Waals surface area (Å²) in [5, 5.41) is 3.00. The molecule has 0 spiro atoms. The zero-order valence-electron chi connectivity index (χ0n) is 12.3. The van der Waals surface area contributed by atoms with Gasteiger partial charge in [0.15, 0.2) is 0 Å². The van der Waals surface area contributed by atoms with Gasteiger partial charge in [0.05, 0.1) is 5.41 Å². The van der Waals surface area contributed by atoms with Gasteiger partial charge in [-0.15, -0.1) is 0 Å². The molecule has 0 radical (unpaired) electrons. The lowest BCUT2D eigenvalue weighted by Gasteiger charge is -2.38. The molecule has 106 valence electrons. The fraction of sp³-hybridized carbons (Fsp3) is 0.529. The summed E-state index contributed by atoms with van der Waals surface area (Å²) in [5.41, 5.74) is -0.373. The fourth-order valence-electron chi connectivity index (χ4n) is 4.13. The van der Waals surface area contributed by atoms with Crippen molar-refractivity contribution in [3.8, 4) is 0 Å². The van der Waals surface area contributed by atoms with Gasteiger partial charge < -0.3 is 5.32 Å². The number of carbonyl (C=O) groups excluding carboxylic acids is 2. The number of carbonyl (C=O) groups is 2. The first-order valence-electron chi connectivity index (χ1n) is 7.23. The van der Waals surface area contributed by atoms with Crippen molar-refractivity contribution in [3.05, 3.63) is 30.3 Å². The number of nitrogens with one attached hydrogen (secondary N) is 1.